The van der Waals surface area contributed by atoms with Gasteiger partial charge in [-0.05, 0) is 51.9 Å². The summed E-state index contributed by atoms with van der Waals surface area (Å²) in [6.07, 6.45) is 5.51. The van der Waals surface area contributed by atoms with Crippen LogP contribution in [0.3, 0.4) is 0 Å². The van der Waals surface area contributed by atoms with E-state index in [1.54, 1.807) is 0 Å². The van der Waals surface area contributed by atoms with Gasteiger partial charge in [-0.25, -0.2) is 0 Å². The summed E-state index contributed by atoms with van der Waals surface area (Å²) in [5.74, 6) is 0.796. The number of esters is 1. The Morgan fingerprint density at radius 1 is 1.25 bits per heavy atom. The van der Waals surface area contributed by atoms with Crippen molar-refractivity contribution in [3.8, 4) is 0 Å². The van der Waals surface area contributed by atoms with Crippen LogP contribution in [0.1, 0.15) is 52.9 Å². The smallest absolute Gasteiger partial charge is 0.326 e. The predicted octanol–water partition coefficient (Wildman–Crippen LogP) is 2.24. The van der Waals surface area contributed by atoms with Gasteiger partial charge in [0.2, 0.25) is 0 Å². The molecule has 16 heavy (non-hydrogen) atoms. The lowest BCUT2D eigenvalue weighted by Crippen LogP contribution is -2.61. The highest BCUT2D eigenvalue weighted by Gasteiger charge is 2.51. The topological polar surface area (TPSA) is 52.3 Å². The number of ether oxygens (including phenoxy) is 1. The Morgan fingerprint density at radius 3 is 2.19 bits per heavy atom. The van der Waals surface area contributed by atoms with E-state index in [0.29, 0.717) is 11.8 Å². The van der Waals surface area contributed by atoms with Gasteiger partial charge in [0.1, 0.15) is 11.1 Å². The second-order valence-corrected chi connectivity index (χ2v) is 6.46. The van der Waals surface area contributed by atoms with Gasteiger partial charge in [-0.15, -0.1) is 0 Å². The highest BCUT2D eigenvalue weighted by atomic mass is 16.6. The monoisotopic (exact) mass is 225 g/mol. The van der Waals surface area contributed by atoms with Gasteiger partial charge in [0.05, 0.1) is 0 Å². The van der Waals surface area contributed by atoms with Crippen molar-refractivity contribution >= 4 is 5.97 Å². The Labute approximate surface area is 97.7 Å². The molecular formula is C13H23NO2. The fraction of sp³-hybridized carbons (Fsp3) is 0.923. The molecule has 0 aromatic carbocycles. The highest BCUT2D eigenvalue weighted by Crippen LogP contribution is 2.46. The van der Waals surface area contributed by atoms with Gasteiger partial charge in [0.25, 0.3) is 0 Å². The maximum Gasteiger partial charge on any atom is 0.326 e. The Hall–Kier alpha value is -0.570. The Balaban J connectivity index is 2.10. The largest absolute Gasteiger partial charge is 0.459 e. The average Bonchev–Trinajstić information content (AvgIpc) is 2.16. The van der Waals surface area contributed by atoms with Crippen LogP contribution >= 0.6 is 0 Å². The molecule has 0 radical (unpaired) electrons. The average molecular weight is 225 g/mol. The van der Waals surface area contributed by atoms with E-state index >= 15 is 0 Å². The molecule has 1 atom stereocenters. The number of carbonyl (C=O) groups excluding carboxylic acids is 1. The minimum absolute atomic E-state index is 0.186. The molecule has 3 saturated carbocycles. The lowest BCUT2D eigenvalue weighted by Gasteiger charge is -2.48. The third-order valence-corrected chi connectivity index (χ3v) is 3.98. The molecule has 3 nitrogen and oxygen atoms in total. The molecule has 0 amide bonds. The van der Waals surface area contributed by atoms with E-state index in [9.17, 15) is 4.79 Å². The molecule has 3 aliphatic carbocycles. The van der Waals surface area contributed by atoms with E-state index in [4.69, 9.17) is 10.5 Å². The van der Waals surface area contributed by atoms with E-state index in [0.717, 1.165) is 19.3 Å². The summed E-state index contributed by atoms with van der Waals surface area (Å²) in [6.45, 7) is 5.69. The molecule has 3 fully saturated rings. The first kappa shape index (κ1) is 11.9. The molecule has 0 heterocycles. The van der Waals surface area contributed by atoms with Crippen LogP contribution in [0.4, 0.5) is 0 Å². The zero-order chi connectivity index (χ0) is 12.0. The summed E-state index contributed by atoms with van der Waals surface area (Å²) in [7, 11) is 0. The van der Waals surface area contributed by atoms with Crippen molar-refractivity contribution in [2.24, 2.45) is 17.6 Å². The van der Waals surface area contributed by atoms with Gasteiger partial charge in [0.15, 0.2) is 0 Å². The van der Waals surface area contributed by atoms with E-state index in [2.05, 4.69) is 0 Å². The number of rotatable bonds is 1. The molecule has 0 spiro atoms. The summed E-state index contributed by atoms with van der Waals surface area (Å²) in [6, 6.07) is 0. The molecule has 0 aromatic rings. The van der Waals surface area contributed by atoms with Gasteiger partial charge in [-0.3, -0.25) is 4.79 Å². The molecule has 2 N–H and O–H groups in total. The highest BCUT2D eigenvalue weighted by molar-refractivity contribution is 5.81. The van der Waals surface area contributed by atoms with Crippen molar-refractivity contribution in [3.05, 3.63) is 0 Å². The van der Waals surface area contributed by atoms with Crippen LogP contribution < -0.4 is 5.73 Å². The molecule has 3 rings (SSSR count). The van der Waals surface area contributed by atoms with E-state index in [1.165, 1.54) is 12.8 Å². The number of nitrogens with two attached hydrogens (primary N) is 1. The van der Waals surface area contributed by atoms with E-state index in [1.807, 2.05) is 20.8 Å². The Bertz CT molecular complexity index is 287. The molecule has 92 valence electrons. The van der Waals surface area contributed by atoms with Crippen LogP contribution in [0.15, 0.2) is 0 Å². The van der Waals surface area contributed by atoms with Gasteiger partial charge >= 0.3 is 5.97 Å². The van der Waals surface area contributed by atoms with Gasteiger partial charge < -0.3 is 10.5 Å². The first-order valence-electron chi connectivity index (χ1n) is 6.33. The first-order valence-corrected chi connectivity index (χ1v) is 6.33. The normalized spacial score (nSPS) is 38.5. The van der Waals surface area contributed by atoms with Crippen LogP contribution in [-0.4, -0.2) is 17.1 Å². The van der Waals surface area contributed by atoms with Crippen LogP contribution in [0.2, 0.25) is 0 Å². The zero-order valence-corrected chi connectivity index (χ0v) is 10.6. The summed E-state index contributed by atoms with van der Waals surface area (Å²) >= 11 is 0. The third-order valence-electron chi connectivity index (χ3n) is 3.98. The van der Waals surface area contributed by atoms with Crippen molar-refractivity contribution < 1.29 is 9.53 Å². The summed E-state index contributed by atoms with van der Waals surface area (Å²) < 4.78 is 5.47. The number of fused-ring (bicyclic) bond motifs is 3. The van der Waals surface area contributed by atoms with Crippen LogP contribution in [0, 0.1) is 11.8 Å². The van der Waals surface area contributed by atoms with Gasteiger partial charge in [0, 0.05) is 0 Å². The SMILES string of the molecule is CC(C)(C)OC(=O)[C@@]1(N)CC2CCC1CC2. The molecule has 0 unspecified atom stereocenters. The lowest BCUT2D eigenvalue weighted by molar-refractivity contribution is -0.168. The van der Waals surface area contributed by atoms with E-state index in [-0.39, 0.29) is 5.97 Å². The molecule has 0 saturated heterocycles. The maximum absolute atomic E-state index is 12.2. The molecule has 3 aliphatic rings. The molecular weight excluding hydrogens is 202 g/mol. The van der Waals surface area contributed by atoms with Crippen molar-refractivity contribution in [2.75, 3.05) is 0 Å². The minimum atomic E-state index is -0.700. The van der Waals surface area contributed by atoms with Crippen LogP contribution in [0.5, 0.6) is 0 Å². The van der Waals surface area contributed by atoms with E-state index < -0.39 is 11.1 Å². The zero-order valence-electron chi connectivity index (χ0n) is 10.6. The molecule has 0 aliphatic heterocycles. The lowest BCUT2D eigenvalue weighted by atomic mass is 9.60. The van der Waals surface area contributed by atoms with Crippen LogP contribution in [-0.2, 0) is 9.53 Å². The van der Waals surface area contributed by atoms with Crippen molar-refractivity contribution in [3.63, 3.8) is 0 Å². The Morgan fingerprint density at radius 2 is 1.81 bits per heavy atom. The molecule has 3 heteroatoms. The quantitative estimate of drug-likeness (QED) is 0.696. The van der Waals surface area contributed by atoms with Crippen molar-refractivity contribution in [1.82, 2.24) is 0 Å². The summed E-state index contributed by atoms with van der Waals surface area (Å²) in [4.78, 5) is 12.2. The minimum Gasteiger partial charge on any atom is -0.459 e. The van der Waals surface area contributed by atoms with Crippen molar-refractivity contribution in [2.45, 2.75) is 64.0 Å². The first-order chi connectivity index (χ1) is 7.31. The third kappa shape index (κ3) is 2.10. The fourth-order valence-electron chi connectivity index (χ4n) is 3.15. The molecule has 2 bridgehead atoms. The summed E-state index contributed by atoms with van der Waals surface area (Å²) in [5.41, 5.74) is 5.19. The second-order valence-electron chi connectivity index (χ2n) is 6.46. The molecule has 0 aromatic heterocycles. The fourth-order valence-corrected chi connectivity index (χ4v) is 3.15. The standard InChI is InChI=1S/C13H23NO2/c1-12(2,3)16-11(15)13(14)8-9-4-6-10(13)7-5-9/h9-10H,4-8,14H2,1-3H3/t9?,10?,13-/m1/s1. The van der Waals surface area contributed by atoms with Gasteiger partial charge in [-0.1, -0.05) is 12.8 Å². The second kappa shape index (κ2) is 3.73. The Kier molecular flexibility index (Phi) is 2.77. The number of hydrogen-bond donors (Lipinski definition) is 1. The number of hydrogen-bond acceptors (Lipinski definition) is 3. The summed E-state index contributed by atoms with van der Waals surface area (Å²) in [5, 5.41) is 0. The van der Waals surface area contributed by atoms with Gasteiger partial charge in [-0.2, -0.15) is 0 Å². The van der Waals surface area contributed by atoms with Crippen LogP contribution in [0.25, 0.3) is 0 Å². The predicted molar refractivity (Wildman–Crippen MR) is 62.8 cm³/mol. The van der Waals surface area contributed by atoms with Crippen molar-refractivity contribution in [1.29, 1.82) is 0 Å². The number of carbonyl (C=O) groups is 1. The maximum atomic E-state index is 12.2.